The van der Waals surface area contributed by atoms with E-state index in [4.69, 9.17) is 5.73 Å². The Kier molecular flexibility index (Phi) is 2.69. The van der Waals surface area contributed by atoms with E-state index in [0.29, 0.717) is 5.16 Å². The molecule has 0 saturated carbocycles. The van der Waals surface area contributed by atoms with Gasteiger partial charge in [-0.1, -0.05) is 11.8 Å². The van der Waals surface area contributed by atoms with Crippen LogP contribution >= 0.6 is 11.8 Å². The summed E-state index contributed by atoms with van der Waals surface area (Å²) in [6.45, 7) is 3.52. The fourth-order valence-electron chi connectivity index (χ4n) is 0.591. The first-order chi connectivity index (χ1) is 5.59. The molecule has 0 aliphatic rings. The van der Waals surface area contributed by atoms with Crippen LogP contribution in [0.1, 0.15) is 12.7 Å². The molecule has 0 aliphatic heterocycles. The molecule has 1 rings (SSSR count). The number of aromatic nitrogens is 3. The zero-order valence-electron chi connectivity index (χ0n) is 6.87. The number of aryl methyl sites for hydroxylation is 1. The van der Waals surface area contributed by atoms with Crippen molar-refractivity contribution >= 4 is 17.7 Å². The lowest BCUT2D eigenvalue weighted by Gasteiger charge is -2.00. The van der Waals surface area contributed by atoms with Crippen LogP contribution in [0.25, 0.3) is 0 Å². The molecule has 1 atom stereocenters. The smallest absolute Gasteiger partial charge is 0.230 e. The van der Waals surface area contributed by atoms with E-state index in [1.165, 1.54) is 11.8 Å². The molecule has 0 aromatic carbocycles. The second-order valence-electron chi connectivity index (χ2n) is 2.37. The van der Waals surface area contributed by atoms with Crippen molar-refractivity contribution in [2.75, 3.05) is 0 Å². The lowest BCUT2D eigenvalue weighted by atomic mass is 10.5. The molecule has 0 aliphatic carbocycles. The maximum absolute atomic E-state index is 10.6. The number of nitrogens with two attached hydrogens (primary N) is 1. The molecule has 0 spiro atoms. The zero-order valence-corrected chi connectivity index (χ0v) is 7.68. The van der Waals surface area contributed by atoms with Gasteiger partial charge in [0.05, 0.1) is 5.25 Å². The van der Waals surface area contributed by atoms with Gasteiger partial charge in [0.1, 0.15) is 5.82 Å². The zero-order chi connectivity index (χ0) is 9.14. The SMILES string of the molecule is Cc1nc(SC(C)C(N)=O)n[nH]1. The number of nitrogens with one attached hydrogen (secondary N) is 1. The number of hydrogen-bond acceptors (Lipinski definition) is 4. The number of H-pyrrole nitrogens is 1. The molecule has 0 saturated heterocycles. The van der Waals surface area contributed by atoms with Crippen LogP contribution < -0.4 is 5.73 Å². The lowest BCUT2D eigenvalue weighted by molar-refractivity contribution is -0.117. The topological polar surface area (TPSA) is 84.7 Å². The number of carbonyl (C=O) groups excluding carboxylic acids is 1. The molecule has 6 heteroatoms. The average molecular weight is 186 g/mol. The van der Waals surface area contributed by atoms with Crippen LogP contribution in [-0.4, -0.2) is 26.3 Å². The van der Waals surface area contributed by atoms with Gasteiger partial charge in [-0.25, -0.2) is 4.98 Å². The van der Waals surface area contributed by atoms with Gasteiger partial charge >= 0.3 is 0 Å². The first-order valence-corrected chi connectivity index (χ1v) is 4.32. The van der Waals surface area contributed by atoms with E-state index in [1.54, 1.807) is 13.8 Å². The summed E-state index contributed by atoms with van der Waals surface area (Å²) in [4.78, 5) is 14.7. The van der Waals surface area contributed by atoms with Crippen molar-refractivity contribution in [2.24, 2.45) is 5.73 Å². The van der Waals surface area contributed by atoms with E-state index in [-0.39, 0.29) is 11.2 Å². The Hall–Kier alpha value is -1.04. The van der Waals surface area contributed by atoms with Gasteiger partial charge in [0.15, 0.2) is 0 Å². The van der Waals surface area contributed by atoms with Crippen molar-refractivity contribution in [3.8, 4) is 0 Å². The third-order valence-corrected chi connectivity index (χ3v) is 2.24. The van der Waals surface area contributed by atoms with Gasteiger partial charge in [0, 0.05) is 0 Å². The first-order valence-electron chi connectivity index (χ1n) is 3.44. The summed E-state index contributed by atoms with van der Waals surface area (Å²) in [7, 11) is 0. The highest BCUT2D eigenvalue weighted by atomic mass is 32.2. The van der Waals surface area contributed by atoms with Crippen LogP contribution in [0.4, 0.5) is 0 Å². The van der Waals surface area contributed by atoms with Gasteiger partial charge in [-0.05, 0) is 13.8 Å². The monoisotopic (exact) mass is 186 g/mol. The predicted octanol–water partition coefficient (Wildman–Crippen LogP) is 0.0790. The molecule has 1 aromatic rings. The first kappa shape index (κ1) is 9.05. The highest BCUT2D eigenvalue weighted by Crippen LogP contribution is 2.17. The quantitative estimate of drug-likeness (QED) is 0.655. The molecule has 5 nitrogen and oxygen atoms in total. The predicted molar refractivity (Wildman–Crippen MR) is 45.6 cm³/mol. The molecule has 1 amide bonds. The number of primary amides is 1. The third kappa shape index (κ3) is 2.23. The van der Waals surface area contributed by atoms with E-state index < -0.39 is 0 Å². The van der Waals surface area contributed by atoms with E-state index in [0.717, 1.165) is 5.82 Å². The van der Waals surface area contributed by atoms with E-state index in [2.05, 4.69) is 15.2 Å². The van der Waals surface area contributed by atoms with Crippen molar-refractivity contribution in [3.05, 3.63) is 5.82 Å². The van der Waals surface area contributed by atoms with Crippen LogP contribution in [0.15, 0.2) is 5.16 Å². The maximum atomic E-state index is 10.6. The normalized spacial score (nSPS) is 12.8. The third-order valence-electron chi connectivity index (χ3n) is 1.26. The van der Waals surface area contributed by atoms with Crippen LogP contribution in [0.3, 0.4) is 0 Å². The summed E-state index contributed by atoms with van der Waals surface area (Å²) in [5.41, 5.74) is 5.07. The minimum atomic E-state index is -0.359. The van der Waals surface area contributed by atoms with Crippen molar-refractivity contribution in [1.29, 1.82) is 0 Å². The summed E-state index contributed by atoms with van der Waals surface area (Å²) >= 11 is 1.24. The largest absolute Gasteiger partial charge is 0.369 e. The molecule has 1 unspecified atom stereocenters. The summed E-state index contributed by atoms with van der Waals surface area (Å²) in [6, 6.07) is 0. The number of carbonyl (C=O) groups is 1. The van der Waals surface area contributed by atoms with Gasteiger partial charge in [0.2, 0.25) is 11.1 Å². The molecule has 1 aromatic heterocycles. The van der Waals surface area contributed by atoms with Crippen LogP contribution in [0, 0.1) is 6.92 Å². The maximum Gasteiger partial charge on any atom is 0.230 e. The number of nitrogens with zero attached hydrogens (tertiary/aromatic N) is 2. The molecule has 12 heavy (non-hydrogen) atoms. The van der Waals surface area contributed by atoms with E-state index in [1.807, 2.05) is 0 Å². The average Bonchev–Trinajstić information content (AvgIpc) is 2.35. The Morgan fingerprint density at radius 3 is 2.83 bits per heavy atom. The molecular weight excluding hydrogens is 176 g/mol. The highest BCUT2D eigenvalue weighted by Gasteiger charge is 2.12. The molecular formula is C6H10N4OS. The molecule has 0 bridgehead atoms. The Balaban J connectivity index is 2.58. The molecule has 66 valence electrons. The number of hydrogen-bond donors (Lipinski definition) is 2. The summed E-state index contributed by atoms with van der Waals surface area (Å²) in [5.74, 6) is 0.372. The molecule has 0 radical (unpaired) electrons. The van der Waals surface area contributed by atoms with Crippen molar-refractivity contribution in [2.45, 2.75) is 24.3 Å². The van der Waals surface area contributed by atoms with Gasteiger partial charge in [-0.2, -0.15) is 0 Å². The fraction of sp³-hybridized carbons (Fsp3) is 0.500. The minimum absolute atomic E-state index is 0.291. The summed E-state index contributed by atoms with van der Waals surface area (Å²) < 4.78 is 0. The van der Waals surface area contributed by atoms with Crippen LogP contribution in [0.2, 0.25) is 0 Å². The van der Waals surface area contributed by atoms with Gasteiger partial charge in [0.25, 0.3) is 0 Å². The number of aromatic amines is 1. The number of thioether (sulfide) groups is 1. The van der Waals surface area contributed by atoms with Gasteiger partial charge < -0.3 is 5.73 Å². The Bertz CT molecular complexity index is 285. The minimum Gasteiger partial charge on any atom is -0.369 e. The van der Waals surface area contributed by atoms with Crippen molar-refractivity contribution in [1.82, 2.24) is 15.2 Å². The van der Waals surface area contributed by atoms with E-state index >= 15 is 0 Å². The number of rotatable bonds is 3. The summed E-state index contributed by atoms with van der Waals surface area (Å²) in [5, 5.41) is 6.80. The summed E-state index contributed by atoms with van der Waals surface area (Å²) in [6.07, 6.45) is 0. The van der Waals surface area contributed by atoms with Crippen LogP contribution in [-0.2, 0) is 4.79 Å². The second kappa shape index (κ2) is 3.57. The molecule has 3 N–H and O–H groups in total. The second-order valence-corrected chi connectivity index (χ2v) is 3.67. The molecule has 1 heterocycles. The Morgan fingerprint density at radius 2 is 2.42 bits per heavy atom. The number of amides is 1. The fourth-order valence-corrected chi connectivity index (χ4v) is 1.31. The van der Waals surface area contributed by atoms with Crippen molar-refractivity contribution < 1.29 is 4.79 Å². The standard InChI is InChI=1S/C6H10N4OS/c1-3(5(7)11)12-6-8-4(2)9-10-6/h3H,1-2H3,(H2,7,11)(H,8,9,10). The van der Waals surface area contributed by atoms with Gasteiger partial charge in [-0.3, -0.25) is 9.89 Å². The Labute approximate surface area is 74.1 Å². The van der Waals surface area contributed by atoms with Gasteiger partial charge in [-0.15, -0.1) is 5.10 Å². The molecule has 0 fully saturated rings. The highest BCUT2D eigenvalue weighted by molar-refractivity contribution is 8.00. The van der Waals surface area contributed by atoms with E-state index in [9.17, 15) is 4.79 Å². The van der Waals surface area contributed by atoms with Crippen molar-refractivity contribution in [3.63, 3.8) is 0 Å². The Morgan fingerprint density at radius 1 is 1.75 bits per heavy atom. The van der Waals surface area contributed by atoms with Crippen LogP contribution in [0.5, 0.6) is 0 Å². The lowest BCUT2D eigenvalue weighted by Crippen LogP contribution is -2.22.